The van der Waals surface area contributed by atoms with Gasteiger partial charge in [0.2, 0.25) is 0 Å². The van der Waals surface area contributed by atoms with Crippen molar-refractivity contribution in [2.75, 3.05) is 20.2 Å². The van der Waals surface area contributed by atoms with Crippen molar-refractivity contribution in [3.05, 3.63) is 28.4 Å². The molecule has 1 fully saturated rings. The van der Waals surface area contributed by atoms with Gasteiger partial charge in [0.1, 0.15) is 17.1 Å². The SMILES string of the molecule is COc1cc(Br)c2oc(C3(C)CCNCC3)cc2c1. The summed E-state index contributed by atoms with van der Waals surface area (Å²) in [5.74, 6) is 1.93. The van der Waals surface area contributed by atoms with Crippen LogP contribution < -0.4 is 10.1 Å². The van der Waals surface area contributed by atoms with Crippen molar-refractivity contribution in [3.8, 4) is 5.75 Å². The predicted molar refractivity (Wildman–Crippen MR) is 79.9 cm³/mol. The van der Waals surface area contributed by atoms with Crippen molar-refractivity contribution in [1.29, 1.82) is 0 Å². The van der Waals surface area contributed by atoms with Gasteiger partial charge in [0.05, 0.1) is 11.6 Å². The topological polar surface area (TPSA) is 34.4 Å². The Hall–Kier alpha value is -1.00. The van der Waals surface area contributed by atoms with Crippen LogP contribution in [-0.4, -0.2) is 20.2 Å². The molecule has 1 N–H and O–H groups in total. The minimum absolute atomic E-state index is 0.136. The van der Waals surface area contributed by atoms with Gasteiger partial charge < -0.3 is 14.5 Å². The second-order valence-electron chi connectivity index (χ2n) is 5.45. The Kier molecular flexibility index (Phi) is 3.31. The fourth-order valence-electron chi connectivity index (χ4n) is 2.72. The first-order valence-corrected chi connectivity index (χ1v) is 7.40. The average molecular weight is 324 g/mol. The first-order chi connectivity index (χ1) is 9.12. The molecule has 2 heterocycles. The molecule has 1 aromatic heterocycles. The van der Waals surface area contributed by atoms with E-state index in [0.717, 1.165) is 52.9 Å². The number of methoxy groups -OCH3 is 1. The van der Waals surface area contributed by atoms with Gasteiger partial charge in [-0.3, -0.25) is 0 Å². The Morgan fingerprint density at radius 3 is 2.68 bits per heavy atom. The van der Waals surface area contributed by atoms with Crippen LogP contribution in [0.3, 0.4) is 0 Å². The Balaban J connectivity index is 2.08. The van der Waals surface area contributed by atoms with Gasteiger partial charge in [-0.1, -0.05) is 6.92 Å². The zero-order chi connectivity index (χ0) is 13.5. The number of hydrogen-bond acceptors (Lipinski definition) is 3. The van der Waals surface area contributed by atoms with Gasteiger partial charge >= 0.3 is 0 Å². The summed E-state index contributed by atoms with van der Waals surface area (Å²) in [6.07, 6.45) is 2.23. The quantitative estimate of drug-likeness (QED) is 0.911. The molecule has 0 atom stereocenters. The molecule has 0 unspecified atom stereocenters. The summed E-state index contributed by atoms with van der Waals surface area (Å²) in [5, 5.41) is 4.50. The highest BCUT2D eigenvalue weighted by Crippen LogP contribution is 2.39. The van der Waals surface area contributed by atoms with E-state index in [1.807, 2.05) is 12.1 Å². The summed E-state index contributed by atoms with van der Waals surface area (Å²) < 4.78 is 12.4. The number of fused-ring (bicyclic) bond motifs is 1. The van der Waals surface area contributed by atoms with E-state index in [9.17, 15) is 0 Å². The van der Waals surface area contributed by atoms with Gasteiger partial charge in [0.15, 0.2) is 0 Å². The Morgan fingerprint density at radius 1 is 1.26 bits per heavy atom. The summed E-state index contributed by atoms with van der Waals surface area (Å²) in [4.78, 5) is 0. The molecule has 102 valence electrons. The van der Waals surface area contributed by atoms with Crippen molar-refractivity contribution in [2.45, 2.75) is 25.2 Å². The van der Waals surface area contributed by atoms with E-state index >= 15 is 0 Å². The number of hydrogen-bond donors (Lipinski definition) is 1. The molecule has 19 heavy (non-hydrogen) atoms. The summed E-state index contributed by atoms with van der Waals surface area (Å²) in [6, 6.07) is 6.13. The highest BCUT2D eigenvalue weighted by Gasteiger charge is 2.32. The number of nitrogens with one attached hydrogen (secondary N) is 1. The molecule has 1 saturated heterocycles. The maximum absolute atomic E-state index is 6.11. The normalized spacial score (nSPS) is 18.7. The van der Waals surface area contributed by atoms with E-state index < -0.39 is 0 Å². The molecular weight excluding hydrogens is 306 g/mol. The van der Waals surface area contributed by atoms with E-state index in [0.29, 0.717) is 0 Å². The monoisotopic (exact) mass is 323 g/mol. The first kappa shape index (κ1) is 13.0. The first-order valence-electron chi connectivity index (χ1n) is 6.61. The molecule has 0 bridgehead atoms. The molecule has 4 heteroatoms. The van der Waals surface area contributed by atoms with Crippen LogP contribution in [0.25, 0.3) is 11.0 Å². The van der Waals surface area contributed by atoms with E-state index in [-0.39, 0.29) is 5.41 Å². The molecule has 2 aromatic rings. The molecule has 3 nitrogen and oxygen atoms in total. The van der Waals surface area contributed by atoms with Crippen molar-refractivity contribution in [3.63, 3.8) is 0 Å². The van der Waals surface area contributed by atoms with Crippen LogP contribution in [0.5, 0.6) is 5.75 Å². The van der Waals surface area contributed by atoms with Crippen LogP contribution in [0.1, 0.15) is 25.5 Å². The van der Waals surface area contributed by atoms with E-state index in [4.69, 9.17) is 9.15 Å². The molecule has 0 amide bonds. The maximum atomic E-state index is 6.11. The second kappa shape index (κ2) is 4.84. The van der Waals surface area contributed by atoms with Gasteiger partial charge in [0, 0.05) is 10.8 Å². The molecule has 0 spiro atoms. The zero-order valence-electron chi connectivity index (χ0n) is 11.3. The van der Waals surface area contributed by atoms with Crippen molar-refractivity contribution < 1.29 is 9.15 Å². The number of benzene rings is 1. The lowest BCUT2D eigenvalue weighted by atomic mass is 9.79. The largest absolute Gasteiger partial charge is 0.497 e. The maximum Gasteiger partial charge on any atom is 0.148 e. The highest BCUT2D eigenvalue weighted by molar-refractivity contribution is 9.10. The fraction of sp³-hybridized carbons (Fsp3) is 0.467. The Morgan fingerprint density at radius 2 is 2.00 bits per heavy atom. The number of furan rings is 1. The van der Waals surface area contributed by atoms with Gasteiger partial charge in [0.25, 0.3) is 0 Å². The van der Waals surface area contributed by atoms with Gasteiger partial charge in [-0.15, -0.1) is 0 Å². The average Bonchev–Trinajstić information content (AvgIpc) is 2.85. The van der Waals surface area contributed by atoms with Gasteiger partial charge in [-0.2, -0.15) is 0 Å². The Bertz CT molecular complexity index is 599. The standard InChI is InChI=1S/C15H18BrNO2/c1-15(3-5-17-6-4-15)13-8-10-7-11(18-2)9-12(16)14(10)19-13/h7-9,17H,3-6H2,1-2H3. The minimum Gasteiger partial charge on any atom is -0.497 e. The third-order valence-electron chi connectivity index (χ3n) is 4.08. The minimum atomic E-state index is 0.136. The van der Waals surface area contributed by atoms with Crippen LogP contribution >= 0.6 is 15.9 Å². The van der Waals surface area contributed by atoms with Crippen molar-refractivity contribution in [1.82, 2.24) is 5.32 Å². The lowest BCUT2D eigenvalue weighted by Crippen LogP contribution is -2.37. The molecule has 1 aliphatic heterocycles. The number of halogens is 1. The van der Waals surface area contributed by atoms with E-state index in [1.54, 1.807) is 7.11 Å². The smallest absolute Gasteiger partial charge is 0.148 e. The molecule has 0 aliphatic carbocycles. The van der Waals surface area contributed by atoms with Crippen LogP contribution in [0, 0.1) is 0 Å². The second-order valence-corrected chi connectivity index (χ2v) is 6.30. The third-order valence-corrected chi connectivity index (χ3v) is 4.67. The van der Waals surface area contributed by atoms with Crippen LogP contribution in [0.4, 0.5) is 0 Å². The predicted octanol–water partition coefficient (Wildman–Crippen LogP) is 3.85. The van der Waals surface area contributed by atoms with Crippen LogP contribution in [-0.2, 0) is 5.41 Å². The summed E-state index contributed by atoms with van der Waals surface area (Å²) in [5.41, 5.74) is 1.05. The lowest BCUT2D eigenvalue weighted by molar-refractivity contribution is 0.285. The molecule has 0 radical (unpaired) electrons. The highest BCUT2D eigenvalue weighted by atomic mass is 79.9. The number of rotatable bonds is 2. The zero-order valence-corrected chi connectivity index (χ0v) is 12.8. The van der Waals surface area contributed by atoms with E-state index in [2.05, 4.69) is 34.2 Å². The molecule has 3 rings (SSSR count). The lowest BCUT2D eigenvalue weighted by Gasteiger charge is -2.31. The van der Waals surface area contributed by atoms with Crippen LogP contribution in [0.15, 0.2) is 27.1 Å². The van der Waals surface area contributed by atoms with Crippen LogP contribution in [0.2, 0.25) is 0 Å². The number of piperidine rings is 1. The van der Waals surface area contributed by atoms with Gasteiger partial charge in [-0.25, -0.2) is 0 Å². The van der Waals surface area contributed by atoms with E-state index in [1.165, 1.54) is 0 Å². The van der Waals surface area contributed by atoms with Crippen molar-refractivity contribution >= 4 is 26.9 Å². The summed E-state index contributed by atoms with van der Waals surface area (Å²) in [7, 11) is 1.68. The van der Waals surface area contributed by atoms with Crippen molar-refractivity contribution in [2.24, 2.45) is 0 Å². The molecule has 0 saturated carbocycles. The third kappa shape index (κ3) is 2.28. The molecular formula is C15H18BrNO2. The van der Waals surface area contributed by atoms with Gasteiger partial charge in [-0.05, 0) is 60.1 Å². The molecule has 1 aliphatic rings. The Labute approximate surface area is 121 Å². The fourth-order valence-corrected chi connectivity index (χ4v) is 3.26. The number of ether oxygens (including phenoxy) is 1. The summed E-state index contributed by atoms with van der Waals surface area (Å²) >= 11 is 3.56. The molecule has 1 aromatic carbocycles. The summed E-state index contributed by atoms with van der Waals surface area (Å²) in [6.45, 7) is 4.40.